The van der Waals surface area contributed by atoms with E-state index in [1.54, 1.807) is 36.4 Å². The monoisotopic (exact) mass is 429 g/mol. The number of benzene rings is 1. The van der Waals surface area contributed by atoms with Gasteiger partial charge in [-0.25, -0.2) is 0 Å². The zero-order valence-electron chi connectivity index (χ0n) is 14.0. The average Bonchev–Trinajstić information content (AvgIpc) is 2.93. The maximum Gasteiger partial charge on any atom is 0.291 e. The molecule has 0 unspecified atom stereocenters. The van der Waals surface area contributed by atoms with Crippen molar-refractivity contribution in [3.05, 3.63) is 52.4 Å². The first-order valence-corrected chi connectivity index (χ1v) is 8.23. The van der Waals surface area contributed by atoms with E-state index >= 15 is 0 Å². The van der Waals surface area contributed by atoms with Crippen LogP contribution in [0, 0.1) is 0 Å². The van der Waals surface area contributed by atoms with E-state index in [0.29, 0.717) is 16.9 Å². The lowest BCUT2D eigenvalue weighted by atomic mass is 10.1. The number of halogens is 2. The highest BCUT2D eigenvalue weighted by molar-refractivity contribution is 9.10. The van der Waals surface area contributed by atoms with Gasteiger partial charge in [0, 0.05) is 17.8 Å². The molecule has 1 aromatic heterocycles. The number of carbonyl (C=O) groups is 2. The Balaban J connectivity index is 0.00000312. The highest BCUT2D eigenvalue weighted by Gasteiger charge is 2.13. The van der Waals surface area contributed by atoms with E-state index in [1.807, 2.05) is 13.8 Å². The molecule has 2 rings (SSSR count). The van der Waals surface area contributed by atoms with Crippen LogP contribution in [0.2, 0.25) is 0 Å². The normalized spacial score (nSPS) is 10.7. The van der Waals surface area contributed by atoms with Crippen LogP contribution in [0.1, 0.15) is 30.0 Å². The lowest BCUT2D eigenvalue weighted by Crippen LogP contribution is -2.45. The Hall–Kier alpha value is -1.83. The minimum absolute atomic E-state index is 0. The fourth-order valence-corrected chi connectivity index (χ4v) is 2.22. The number of hydrogen-bond donors (Lipinski definition) is 3. The summed E-state index contributed by atoms with van der Waals surface area (Å²) in [5.74, 6) is -0.211. The number of carbonyl (C=O) groups excluding carboxylic acids is 2. The third-order valence-corrected chi connectivity index (χ3v) is 3.54. The first-order valence-electron chi connectivity index (χ1n) is 7.44. The van der Waals surface area contributed by atoms with Gasteiger partial charge in [0.05, 0.1) is 6.42 Å². The fourth-order valence-electron chi connectivity index (χ4n) is 1.91. The first kappa shape index (κ1) is 21.2. The van der Waals surface area contributed by atoms with Crippen LogP contribution < -0.4 is 16.4 Å². The predicted molar refractivity (Wildman–Crippen MR) is 103 cm³/mol. The maximum absolute atomic E-state index is 12.0. The van der Waals surface area contributed by atoms with Crippen molar-refractivity contribution in [3.8, 4) is 0 Å². The summed E-state index contributed by atoms with van der Waals surface area (Å²) in [6.45, 7) is 4.11. The minimum Gasteiger partial charge on any atom is -0.444 e. The van der Waals surface area contributed by atoms with Gasteiger partial charge in [0.1, 0.15) is 0 Å². The molecule has 1 aromatic carbocycles. The van der Waals surface area contributed by atoms with Crippen LogP contribution in [0.4, 0.5) is 5.69 Å². The van der Waals surface area contributed by atoms with Gasteiger partial charge in [-0.05, 0) is 59.6 Å². The van der Waals surface area contributed by atoms with Gasteiger partial charge in [0.2, 0.25) is 5.91 Å². The van der Waals surface area contributed by atoms with Crippen LogP contribution in [0.3, 0.4) is 0 Å². The SMILES string of the molecule is CC(C)(N)CNC(=O)Cc1ccc(NC(=O)c2ccc(Br)o2)cc1.Cl. The summed E-state index contributed by atoms with van der Waals surface area (Å²) in [5, 5.41) is 5.52. The first-order chi connectivity index (χ1) is 11.2. The highest BCUT2D eigenvalue weighted by Crippen LogP contribution is 2.16. The van der Waals surface area contributed by atoms with Crippen molar-refractivity contribution in [2.45, 2.75) is 25.8 Å². The maximum atomic E-state index is 12.0. The lowest BCUT2D eigenvalue weighted by molar-refractivity contribution is -0.120. The van der Waals surface area contributed by atoms with E-state index < -0.39 is 5.54 Å². The summed E-state index contributed by atoms with van der Waals surface area (Å²) in [5.41, 5.74) is 6.86. The molecule has 0 saturated carbocycles. The molecular weight excluding hydrogens is 410 g/mol. The Kier molecular flexibility index (Phi) is 7.66. The summed E-state index contributed by atoms with van der Waals surface area (Å²) in [7, 11) is 0. The molecule has 6 nitrogen and oxygen atoms in total. The number of hydrogen-bond acceptors (Lipinski definition) is 4. The van der Waals surface area contributed by atoms with E-state index in [9.17, 15) is 9.59 Å². The second-order valence-electron chi connectivity index (χ2n) is 6.20. The molecular formula is C17H21BrClN3O3. The second kappa shape index (κ2) is 9.03. The van der Waals surface area contributed by atoms with E-state index in [-0.39, 0.29) is 36.4 Å². The lowest BCUT2D eigenvalue weighted by Gasteiger charge is -2.18. The van der Waals surface area contributed by atoms with Crippen LogP contribution in [0.5, 0.6) is 0 Å². The van der Waals surface area contributed by atoms with Crippen molar-refractivity contribution in [1.82, 2.24) is 5.32 Å². The van der Waals surface area contributed by atoms with E-state index in [4.69, 9.17) is 10.2 Å². The number of anilines is 1. The Morgan fingerprint density at radius 1 is 1.16 bits per heavy atom. The Morgan fingerprint density at radius 3 is 2.32 bits per heavy atom. The molecule has 25 heavy (non-hydrogen) atoms. The third kappa shape index (κ3) is 7.29. The number of amides is 2. The average molecular weight is 431 g/mol. The van der Waals surface area contributed by atoms with Crippen LogP contribution in [0.25, 0.3) is 0 Å². The molecule has 0 aliphatic rings. The summed E-state index contributed by atoms with van der Waals surface area (Å²) >= 11 is 3.15. The molecule has 0 saturated heterocycles. The van der Waals surface area contributed by atoms with E-state index in [0.717, 1.165) is 5.56 Å². The molecule has 0 aliphatic carbocycles. The number of rotatable bonds is 6. The quantitative estimate of drug-likeness (QED) is 0.656. The molecule has 0 spiro atoms. The van der Waals surface area contributed by atoms with Gasteiger partial charge in [0.15, 0.2) is 10.4 Å². The van der Waals surface area contributed by atoms with Gasteiger partial charge >= 0.3 is 0 Å². The molecule has 2 aromatic rings. The van der Waals surface area contributed by atoms with Crippen LogP contribution in [-0.2, 0) is 11.2 Å². The summed E-state index contributed by atoms with van der Waals surface area (Å²) in [4.78, 5) is 23.8. The molecule has 0 aliphatic heterocycles. The molecule has 2 amide bonds. The van der Waals surface area contributed by atoms with Gasteiger partial charge in [-0.15, -0.1) is 12.4 Å². The topological polar surface area (TPSA) is 97.4 Å². The molecule has 0 bridgehead atoms. The number of furan rings is 1. The molecule has 0 fully saturated rings. The Labute approximate surface area is 161 Å². The Bertz CT molecular complexity index is 723. The predicted octanol–water partition coefficient (Wildman–Crippen LogP) is 3.11. The van der Waals surface area contributed by atoms with E-state index in [2.05, 4.69) is 26.6 Å². The third-order valence-electron chi connectivity index (χ3n) is 3.11. The van der Waals surface area contributed by atoms with Gasteiger partial charge < -0.3 is 20.8 Å². The Morgan fingerprint density at radius 2 is 1.80 bits per heavy atom. The number of nitrogens with two attached hydrogens (primary N) is 1. The van der Waals surface area contributed by atoms with Crippen LogP contribution in [-0.4, -0.2) is 23.9 Å². The van der Waals surface area contributed by atoms with Gasteiger partial charge in [-0.2, -0.15) is 0 Å². The van der Waals surface area contributed by atoms with Gasteiger partial charge in [-0.1, -0.05) is 12.1 Å². The van der Waals surface area contributed by atoms with Crippen molar-refractivity contribution < 1.29 is 14.0 Å². The molecule has 0 atom stereocenters. The molecule has 0 radical (unpaired) electrons. The molecule has 8 heteroatoms. The van der Waals surface area contributed by atoms with Crippen molar-refractivity contribution in [2.75, 3.05) is 11.9 Å². The zero-order valence-corrected chi connectivity index (χ0v) is 16.4. The van der Waals surface area contributed by atoms with Crippen molar-refractivity contribution in [2.24, 2.45) is 5.73 Å². The zero-order chi connectivity index (χ0) is 17.7. The number of nitrogens with one attached hydrogen (secondary N) is 2. The second-order valence-corrected chi connectivity index (χ2v) is 6.98. The minimum atomic E-state index is -0.440. The largest absolute Gasteiger partial charge is 0.444 e. The van der Waals surface area contributed by atoms with Crippen molar-refractivity contribution in [1.29, 1.82) is 0 Å². The highest BCUT2D eigenvalue weighted by atomic mass is 79.9. The molecule has 136 valence electrons. The van der Waals surface area contributed by atoms with Gasteiger partial charge in [0.25, 0.3) is 5.91 Å². The fraction of sp³-hybridized carbons (Fsp3) is 0.294. The van der Waals surface area contributed by atoms with Crippen molar-refractivity contribution in [3.63, 3.8) is 0 Å². The molecule has 4 N–H and O–H groups in total. The smallest absolute Gasteiger partial charge is 0.291 e. The van der Waals surface area contributed by atoms with Crippen LogP contribution >= 0.6 is 28.3 Å². The summed E-state index contributed by atoms with van der Waals surface area (Å²) < 4.78 is 5.68. The summed E-state index contributed by atoms with van der Waals surface area (Å²) in [6.07, 6.45) is 0.259. The molecule has 1 heterocycles. The van der Waals surface area contributed by atoms with Crippen LogP contribution in [0.15, 0.2) is 45.5 Å². The van der Waals surface area contributed by atoms with E-state index in [1.165, 1.54) is 0 Å². The summed E-state index contributed by atoms with van der Waals surface area (Å²) in [6, 6.07) is 10.3. The van der Waals surface area contributed by atoms with Crippen molar-refractivity contribution >= 4 is 45.8 Å². The van der Waals surface area contributed by atoms with Gasteiger partial charge in [-0.3, -0.25) is 9.59 Å². The standard InChI is InChI=1S/C17H20BrN3O3.ClH/c1-17(2,19)10-20-15(22)9-11-3-5-12(6-4-11)21-16(23)13-7-8-14(18)24-13;/h3-8H,9-10,19H2,1-2H3,(H,20,22)(H,21,23);1H.